The first-order chi connectivity index (χ1) is 13.2. The molecule has 0 bridgehead atoms. The van der Waals surface area contributed by atoms with Gasteiger partial charge in [-0.2, -0.15) is 5.10 Å². The quantitative estimate of drug-likeness (QED) is 0.582. The Morgan fingerprint density at radius 2 is 2.11 bits per heavy atom. The molecule has 6 nitrogen and oxygen atoms in total. The van der Waals surface area contributed by atoms with Crippen molar-refractivity contribution in [3.8, 4) is 0 Å². The Labute approximate surface area is 162 Å². The lowest BCUT2D eigenvalue weighted by molar-refractivity contribution is 0.134. The second-order valence-electron chi connectivity index (χ2n) is 7.20. The summed E-state index contributed by atoms with van der Waals surface area (Å²) in [5.74, 6) is 0.915. The lowest BCUT2D eigenvalue weighted by Crippen LogP contribution is -2.51. The van der Waals surface area contributed by atoms with Gasteiger partial charge in [0.2, 0.25) is 0 Å². The van der Waals surface area contributed by atoms with E-state index in [0.717, 1.165) is 51.5 Å². The summed E-state index contributed by atoms with van der Waals surface area (Å²) in [6, 6.07) is 13.7. The Hall–Kier alpha value is -2.34. The van der Waals surface area contributed by atoms with Crippen LogP contribution in [-0.4, -0.2) is 52.4 Å². The summed E-state index contributed by atoms with van der Waals surface area (Å²) < 4.78 is 1.91. The van der Waals surface area contributed by atoms with Crippen molar-refractivity contribution in [1.82, 2.24) is 25.3 Å². The number of aliphatic imine (C=N–C) groups is 1. The van der Waals surface area contributed by atoms with Crippen LogP contribution in [0.2, 0.25) is 0 Å². The van der Waals surface area contributed by atoms with Crippen LogP contribution in [0.4, 0.5) is 0 Å². The van der Waals surface area contributed by atoms with Gasteiger partial charge in [0.1, 0.15) is 0 Å². The zero-order chi connectivity index (χ0) is 18.9. The van der Waals surface area contributed by atoms with E-state index in [0.29, 0.717) is 12.1 Å². The van der Waals surface area contributed by atoms with Crippen LogP contribution in [0.5, 0.6) is 0 Å². The second kappa shape index (κ2) is 10.1. The number of benzene rings is 1. The van der Waals surface area contributed by atoms with Crippen molar-refractivity contribution < 1.29 is 0 Å². The molecule has 1 aromatic heterocycles. The van der Waals surface area contributed by atoms with Crippen LogP contribution < -0.4 is 10.6 Å². The first kappa shape index (κ1) is 19.4. The van der Waals surface area contributed by atoms with E-state index in [1.807, 2.05) is 16.9 Å². The molecule has 1 aliphatic rings. The lowest BCUT2D eigenvalue weighted by Gasteiger charge is -2.38. The topological polar surface area (TPSA) is 57.5 Å². The fourth-order valence-electron chi connectivity index (χ4n) is 3.61. The van der Waals surface area contributed by atoms with Crippen molar-refractivity contribution in [2.45, 2.75) is 51.9 Å². The average molecular weight is 369 g/mol. The highest BCUT2D eigenvalue weighted by molar-refractivity contribution is 5.80. The van der Waals surface area contributed by atoms with E-state index in [1.54, 1.807) is 6.20 Å². The van der Waals surface area contributed by atoms with Gasteiger partial charge < -0.3 is 10.6 Å². The van der Waals surface area contributed by atoms with Crippen molar-refractivity contribution in [2.75, 3.05) is 19.6 Å². The summed E-state index contributed by atoms with van der Waals surface area (Å²) in [4.78, 5) is 7.29. The molecule has 2 aromatic rings. The molecule has 3 rings (SSSR count). The minimum absolute atomic E-state index is 0.467. The molecule has 2 N–H and O–H groups in total. The predicted octanol–water partition coefficient (Wildman–Crippen LogP) is 2.49. The number of nitrogens with one attached hydrogen (secondary N) is 2. The van der Waals surface area contributed by atoms with Crippen LogP contribution >= 0.6 is 0 Å². The highest BCUT2D eigenvalue weighted by Gasteiger charge is 2.25. The third-order valence-corrected chi connectivity index (χ3v) is 5.09. The van der Waals surface area contributed by atoms with Crippen molar-refractivity contribution in [2.24, 2.45) is 4.99 Å². The molecule has 1 fully saturated rings. The molecule has 6 heteroatoms. The zero-order valence-corrected chi connectivity index (χ0v) is 16.5. The molecule has 2 unspecified atom stereocenters. The standard InChI is InChI=1S/C21H32N6/c1-3-22-21(23-12-15-27-13-7-11-24-27)25-20-10-14-26(18(2)16-20)17-19-8-5-4-6-9-19/h4-9,11,13,18,20H,3,10,12,14-17H2,1-2H3,(H2,22,23,25). The summed E-state index contributed by atoms with van der Waals surface area (Å²) in [5.41, 5.74) is 1.39. The third kappa shape index (κ3) is 6.10. The van der Waals surface area contributed by atoms with Crippen molar-refractivity contribution in [3.63, 3.8) is 0 Å². The van der Waals surface area contributed by atoms with Crippen LogP contribution in [0.15, 0.2) is 53.8 Å². The molecule has 0 saturated carbocycles. The van der Waals surface area contributed by atoms with E-state index in [-0.39, 0.29) is 0 Å². The van der Waals surface area contributed by atoms with Crippen LogP contribution in [0, 0.1) is 0 Å². The fraction of sp³-hybridized carbons (Fsp3) is 0.524. The van der Waals surface area contributed by atoms with Gasteiger partial charge in [0.15, 0.2) is 5.96 Å². The number of nitrogens with zero attached hydrogens (tertiary/aromatic N) is 4. The first-order valence-electron chi connectivity index (χ1n) is 10.0. The van der Waals surface area contributed by atoms with E-state index in [4.69, 9.17) is 4.99 Å². The van der Waals surface area contributed by atoms with Gasteiger partial charge in [0, 0.05) is 44.1 Å². The van der Waals surface area contributed by atoms with E-state index in [9.17, 15) is 0 Å². The van der Waals surface area contributed by atoms with Crippen LogP contribution in [0.1, 0.15) is 32.3 Å². The summed E-state index contributed by atoms with van der Waals surface area (Å²) >= 11 is 0. The highest BCUT2D eigenvalue weighted by atomic mass is 15.3. The molecule has 146 valence electrons. The highest BCUT2D eigenvalue weighted by Crippen LogP contribution is 2.19. The second-order valence-corrected chi connectivity index (χ2v) is 7.20. The Morgan fingerprint density at radius 1 is 1.26 bits per heavy atom. The number of piperidine rings is 1. The van der Waals surface area contributed by atoms with Crippen molar-refractivity contribution in [3.05, 3.63) is 54.4 Å². The molecule has 0 spiro atoms. The molecule has 2 heterocycles. The van der Waals surface area contributed by atoms with E-state index >= 15 is 0 Å². The first-order valence-corrected chi connectivity index (χ1v) is 10.0. The summed E-state index contributed by atoms with van der Waals surface area (Å²) in [5, 5.41) is 11.2. The normalized spacial score (nSPS) is 21.2. The summed E-state index contributed by atoms with van der Waals surface area (Å²) in [6.07, 6.45) is 6.05. The smallest absolute Gasteiger partial charge is 0.191 e. The van der Waals surface area contributed by atoms with Gasteiger partial charge in [0.25, 0.3) is 0 Å². The van der Waals surface area contributed by atoms with Gasteiger partial charge in [-0.3, -0.25) is 14.6 Å². The summed E-state index contributed by atoms with van der Waals surface area (Å²) in [7, 11) is 0. The van der Waals surface area contributed by atoms with E-state index in [2.05, 4.69) is 64.8 Å². The molecule has 1 saturated heterocycles. The Balaban J connectivity index is 1.48. The van der Waals surface area contributed by atoms with Gasteiger partial charge in [-0.1, -0.05) is 30.3 Å². The van der Waals surface area contributed by atoms with Gasteiger partial charge >= 0.3 is 0 Å². The SMILES string of the molecule is CCNC(=NCCn1cccn1)NC1CCN(Cc2ccccc2)C(C)C1. The number of aromatic nitrogens is 2. The molecule has 27 heavy (non-hydrogen) atoms. The van der Waals surface area contributed by atoms with Crippen LogP contribution in [-0.2, 0) is 13.1 Å². The molecule has 0 radical (unpaired) electrons. The molecule has 1 aromatic carbocycles. The number of rotatable bonds is 7. The minimum Gasteiger partial charge on any atom is -0.357 e. The van der Waals surface area contributed by atoms with Crippen molar-refractivity contribution >= 4 is 5.96 Å². The molecular weight excluding hydrogens is 336 g/mol. The Morgan fingerprint density at radius 3 is 2.81 bits per heavy atom. The maximum Gasteiger partial charge on any atom is 0.191 e. The third-order valence-electron chi connectivity index (χ3n) is 5.09. The van der Waals surface area contributed by atoms with E-state index < -0.39 is 0 Å². The largest absolute Gasteiger partial charge is 0.357 e. The Kier molecular flexibility index (Phi) is 7.27. The van der Waals surface area contributed by atoms with E-state index in [1.165, 1.54) is 5.56 Å². The van der Waals surface area contributed by atoms with Gasteiger partial charge in [-0.25, -0.2) is 0 Å². The maximum atomic E-state index is 4.71. The number of likely N-dealkylation sites (tertiary alicyclic amines) is 1. The fourth-order valence-corrected chi connectivity index (χ4v) is 3.61. The Bertz CT molecular complexity index is 682. The number of hydrogen-bond donors (Lipinski definition) is 2. The molecule has 0 amide bonds. The lowest BCUT2D eigenvalue weighted by atomic mass is 9.97. The minimum atomic E-state index is 0.467. The maximum absolute atomic E-state index is 4.71. The molecule has 0 aliphatic carbocycles. The zero-order valence-electron chi connectivity index (χ0n) is 16.5. The molecule has 1 aliphatic heterocycles. The number of hydrogen-bond acceptors (Lipinski definition) is 3. The number of guanidine groups is 1. The molecule has 2 atom stereocenters. The van der Waals surface area contributed by atoms with Crippen LogP contribution in [0.3, 0.4) is 0 Å². The molecular formula is C21H32N6. The van der Waals surface area contributed by atoms with Crippen LogP contribution in [0.25, 0.3) is 0 Å². The van der Waals surface area contributed by atoms with Gasteiger partial charge in [0.05, 0.1) is 13.1 Å². The van der Waals surface area contributed by atoms with Gasteiger partial charge in [-0.05, 0) is 38.3 Å². The van der Waals surface area contributed by atoms with Crippen molar-refractivity contribution in [1.29, 1.82) is 0 Å². The summed E-state index contributed by atoms with van der Waals surface area (Å²) in [6.45, 7) is 8.98. The average Bonchev–Trinajstić information content (AvgIpc) is 3.18. The predicted molar refractivity (Wildman–Crippen MR) is 111 cm³/mol. The van der Waals surface area contributed by atoms with Gasteiger partial charge in [-0.15, -0.1) is 0 Å². The monoisotopic (exact) mass is 368 g/mol.